The van der Waals surface area contributed by atoms with Gasteiger partial charge in [-0.05, 0) is 102 Å². The molecule has 2 N–H and O–H groups in total. The minimum atomic E-state index is -4.54. The molecule has 0 unspecified atom stereocenters. The number of nitrogens with zero attached hydrogens (tertiary/aromatic N) is 3. The molecule has 0 saturated carbocycles. The van der Waals surface area contributed by atoms with E-state index in [1.54, 1.807) is 30.4 Å². The molecule has 0 radical (unpaired) electrons. The zero-order chi connectivity index (χ0) is 32.0. The van der Waals surface area contributed by atoms with Crippen LogP contribution in [0.25, 0.3) is 5.57 Å². The molecule has 43 heavy (non-hydrogen) atoms. The molecule has 1 aliphatic carbocycles. The summed E-state index contributed by atoms with van der Waals surface area (Å²) in [4.78, 5) is 33.9. The van der Waals surface area contributed by atoms with Crippen molar-refractivity contribution in [1.29, 1.82) is 0 Å². The molecule has 10 heteroatoms. The number of amidine groups is 1. The third-order valence-corrected chi connectivity index (χ3v) is 6.31. The van der Waals surface area contributed by atoms with Gasteiger partial charge in [0.1, 0.15) is 5.84 Å². The van der Waals surface area contributed by atoms with E-state index >= 15 is 0 Å². The van der Waals surface area contributed by atoms with Gasteiger partial charge in [-0.15, -0.1) is 6.58 Å². The molecule has 0 atom stereocenters. The highest BCUT2D eigenvalue weighted by Crippen LogP contribution is 2.31. The van der Waals surface area contributed by atoms with Gasteiger partial charge in [-0.25, -0.2) is 0 Å². The monoisotopic (exact) mass is 597 g/mol. The summed E-state index contributed by atoms with van der Waals surface area (Å²) in [5.74, 6) is 0.0779. The summed E-state index contributed by atoms with van der Waals surface area (Å²) in [5, 5.41) is 5.93. The van der Waals surface area contributed by atoms with Crippen molar-refractivity contribution in [3.8, 4) is 0 Å². The third kappa shape index (κ3) is 12.4. The molecule has 1 aromatic rings. The number of carbonyl (C=O) groups is 2. The molecule has 0 heterocycles. The normalized spacial score (nSPS) is 14.8. The summed E-state index contributed by atoms with van der Waals surface area (Å²) in [6.45, 7) is 7.77. The van der Waals surface area contributed by atoms with Crippen LogP contribution in [0, 0.1) is 6.92 Å². The summed E-state index contributed by atoms with van der Waals surface area (Å²) in [7, 11) is 7.87. The van der Waals surface area contributed by atoms with Gasteiger partial charge >= 0.3 is 6.18 Å². The fraction of sp³-hybridized carbons (Fsp3) is 0.364. The van der Waals surface area contributed by atoms with Crippen LogP contribution in [0.4, 0.5) is 18.9 Å². The van der Waals surface area contributed by atoms with Crippen molar-refractivity contribution in [3.05, 3.63) is 95.3 Å². The topological polar surface area (TPSA) is 77.0 Å². The van der Waals surface area contributed by atoms with Gasteiger partial charge < -0.3 is 20.4 Å². The van der Waals surface area contributed by atoms with Gasteiger partial charge in [-0.1, -0.05) is 24.3 Å². The number of alkyl halides is 3. The van der Waals surface area contributed by atoms with E-state index in [-0.39, 0.29) is 12.0 Å². The maximum absolute atomic E-state index is 13.3. The average Bonchev–Trinajstić information content (AvgIpc) is 3.20. The lowest BCUT2D eigenvalue weighted by Gasteiger charge is -2.15. The summed E-state index contributed by atoms with van der Waals surface area (Å²) >= 11 is 0. The number of allylic oxidation sites excluding steroid dienone is 5. The first-order valence-electron chi connectivity index (χ1n) is 14.0. The molecular weight excluding hydrogens is 555 g/mol. The van der Waals surface area contributed by atoms with Crippen molar-refractivity contribution in [2.75, 3.05) is 53.1 Å². The molecule has 0 spiro atoms. The molecule has 1 amide bonds. The lowest BCUT2D eigenvalue weighted by atomic mass is 9.98. The number of hydrogen-bond donors (Lipinski definition) is 2. The van der Waals surface area contributed by atoms with Crippen LogP contribution in [0.5, 0.6) is 0 Å². The van der Waals surface area contributed by atoms with Gasteiger partial charge in [-0.2, -0.15) is 13.2 Å². The number of amides is 1. The number of halogens is 3. The Morgan fingerprint density at radius 1 is 1.16 bits per heavy atom. The first-order valence-corrected chi connectivity index (χ1v) is 14.0. The van der Waals surface area contributed by atoms with Gasteiger partial charge in [0, 0.05) is 48.1 Å². The van der Waals surface area contributed by atoms with E-state index in [1.807, 2.05) is 46.2 Å². The Balaban J connectivity index is 2.36. The molecule has 1 aromatic carbocycles. The first kappa shape index (κ1) is 35.2. The quantitative estimate of drug-likeness (QED) is 0.0535. The highest BCUT2D eigenvalue weighted by atomic mass is 19.4. The second-order valence-electron chi connectivity index (χ2n) is 10.7. The highest BCUT2D eigenvalue weighted by Gasteiger charge is 2.33. The molecule has 7 nitrogen and oxygen atoms in total. The average molecular weight is 598 g/mol. The smallest absolute Gasteiger partial charge is 0.350 e. The Kier molecular flexibility index (Phi) is 14.1. The number of aldehydes is 1. The summed E-state index contributed by atoms with van der Waals surface area (Å²) < 4.78 is 39.9. The van der Waals surface area contributed by atoms with Crippen LogP contribution in [0.1, 0.15) is 30.4 Å². The summed E-state index contributed by atoms with van der Waals surface area (Å²) in [6, 6.07) is 5.04. The zero-order valence-corrected chi connectivity index (χ0v) is 25.6. The number of aliphatic imine (C=N–C) groups is 1. The van der Waals surface area contributed by atoms with Crippen LogP contribution in [0.2, 0.25) is 0 Å². The fourth-order valence-electron chi connectivity index (χ4n) is 4.17. The van der Waals surface area contributed by atoms with Gasteiger partial charge in [0.2, 0.25) is 0 Å². The van der Waals surface area contributed by atoms with E-state index in [9.17, 15) is 22.8 Å². The van der Waals surface area contributed by atoms with Crippen LogP contribution in [0.15, 0.2) is 89.1 Å². The molecule has 232 valence electrons. The lowest BCUT2D eigenvalue weighted by molar-refractivity contribution is -0.112. The highest BCUT2D eigenvalue weighted by molar-refractivity contribution is 6.10. The van der Waals surface area contributed by atoms with Crippen LogP contribution in [0.3, 0.4) is 0 Å². The molecule has 0 saturated heterocycles. The second kappa shape index (κ2) is 17.2. The van der Waals surface area contributed by atoms with Crippen molar-refractivity contribution in [1.82, 2.24) is 15.1 Å². The maximum atomic E-state index is 13.3. The number of hydrogen-bond acceptors (Lipinski definition) is 5. The number of carbonyl (C=O) groups excluding carboxylic acids is 2. The van der Waals surface area contributed by atoms with E-state index in [1.165, 1.54) is 18.2 Å². The second-order valence-corrected chi connectivity index (χ2v) is 10.7. The van der Waals surface area contributed by atoms with Crippen molar-refractivity contribution in [2.45, 2.75) is 32.4 Å². The molecule has 2 rings (SSSR count). The zero-order valence-electron chi connectivity index (χ0n) is 25.6. The van der Waals surface area contributed by atoms with E-state index < -0.39 is 17.7 Å². The van der Waals surface area contributed by atoms with Crippen LogP contribution in [-0.4, -0.2) is 81.8 Å². The van der Waals surface area contributed by atoms with Crippen LogP contribution < -0.4 is 10.6 Å². The number of anilines is 1. The Morgan fingerprint density at radius 2 is 1.91 bits per heavy atom. The predicted octanol–water partition coefficient (Wildman–Crippen LogP) is 5.85. The van der Waals surface area contributed by atoms with Crippen molar-refractivity contribution < 1.29 is 22.8 Å². The van der Waals surface area contributed by atoms with Crippen molar-refractivity contribution in [2.24, 2.45) is 4.99 Å². The van der Waals surface area contributed by atoms with Gasteiger partial charge in [-0.3, -0.25) is 14.6 Å². The lowest BCUT2D eigenvalue weighted by Crippen LogP contribution is -2.21. The van der Waals surface area contributed by atoms with E-state index in [4.69, 9.17) is 0 Å². The van der Waals surface area contributed by atoms with E-state index in [0.29, 0.717) is 36.3 Å². The van der Waals surface area contributed by atoms with Crippen molar-refractivity contribution in [3.63, 3.8) is 0 Å². The molecule has 0 aliphatic heterocycles. The molecule has 0 aromatic heterocycles. The summed E-state index contributed by atoms with van der Waals surface area (Å²) in [5.41, 5.74) is 2.00. The standard InChI is InChI=1S/C33H42F3N5O2/c1-7-11-31(37-16-10-17-40(3)4)38-21-25(22-41(5)6)18-27(23-42)30-20-29(15-14-24(30)2)39-32(43)26-12-8-9-13-28(19-26)33(34,35)36/h7-9,12,14-15,18-21,23H,1,10-11,13,16-17,22H2,2-6H3,(H,37,38)(H,39,43)/b25-21-,27-18+. The number of rotatable bonds is 14. The van der Waals surface area contributed by atoms with Crippen molar-refractivity contribution >= 4 is 29.3 Å². The Bertz CT molecular complexity index is 1330. The SMILES string of the molecule is C=CCC(=NCCCN(C)C)N/C=C(/C=C(\C=O)c1cc(NC(=O)C2=CC=CCC(C(F)(F)F)=C2)ccc1C)CN(C)C. The van der Waals surface area contributed by atoms with E-state index in [2.05, 4.69) is 27.1 Å². The van der Waals surface area contributed by atoms with Crippen LogP contribution >= 0.6 is 0 Å². The van der Waals surface area contributed by atoms with Gasteiger partial charge in [0.05, 0.1) is 0 Å². The molecule has 1 aliphatic rings. The minimum absolute atomic E-state index is 0.115. The first-order chi connectivity index (χ1) is 20.3. The molecule has 0 bridgehead atoms. The number of nitrogens with one attached hydrogen (secondary N) is 2. The Labute approximate surface area is 252 Å². The predicted molar refractivity (Wildman–Crippen MR) is 170 cm³/mol. The van der Waals surface area contributed by atoms with Gasteiger partial charge in [0.15, 0.2) is 6.29 Å². The van der Waals surface area contributed by atoms with Gasteiger partial charge in [0.25, 0.3) is 5.91 Å². The Hall–Kier alpha value is -4.02. The Morgan fingerprint density at radius 3 is 2.53 bits per heavy atom. The maximum Gasteiger partial charge on any atom is 0.413 e. The van der Waals surface area contributed by atoms with Crippen LogP contribution in [-0.2, 0) is 9.59 Å². The fourth-order valence-corrected chi connectivity index (χ4v) is 4.17. The van der Waals surface area contributed by atoms with E-state index in [0.717, 1.165) is 42.3 Å². The number of aryl methyl sites for hydroxylation is 1. The third-order valence-electron chi connectivity index (χ3n) is 6.31. The summed E-state index contributed by atoms with van der Waals surface area (Å²) in [6.07, 6.45) is 7.72. The minimum Gasteiger partial charge on any atom is -0.350 e. The largest absolute Gasteiger partial charge is 0.413 e. The number of benzene rings is 1. The number of likely N-dealkylation sites (N-methyl/N-ethyl adjacent to an activating group) is 1. The molecule has 0 fully saturated rings. The molecular formula is C33H42F3N5O2.